The third-order valence-electron chi connectivity index (χ3n) is 3.57. The first kappa shape index (κ1) is 15.3. The van der Waals surface area contributed by atoms with Crippen molar-refractivity contribution in [2.75, 3.05) is 12.0 Å². The Morgan fingerprint density at radius 2 is 2.09 bits per heavy atom. The van der Waals surface area contributed by atoms with Gasteiger partial charge in [-0.15, -0.1) is 15.1 Å². The molecule has 2 atom stereocenters. The van der Waals surface area contributed by atoms with Crippen LogP contribution >= 0.6 is 15.9 Å². The summed E-state index contributed by atoms with van der Waals surface area (Å²) in [6.45, 7) is 0. The third-order valence-corrected chi connectivity index (χ3v) is 4.07. The average molecular weight is 381 g/mol. The molecule has 1 aromatic rings. The quantitative estimate of drug-likeness (QED) is 0.436. The molecule has 0 aromatic heterocycles. The zero-order valence-electron chi connectivity index (χ0n) is 11.7. The lowest BCUT2D eigenvalue weighted by molar-refractivity contribution is -0.133. The van der Waals surface area contributed by atoms with Gasteiger partial charge in [0.25, 0.3) is 5.91 Å². The van der Waals surface area contributed by atoms with Crippen molar-refractivity contribution in [3.05, 3.63) is 33.6 Å². The van der Waals surface area contributed by atoms with Crippen molar-refractivity contribution >= 4 is 45.1 Å². The molecule has 1 fully saturated rings. The molecule has 0 N–H and O–H groups in total. The first-order valence-corrected chi connectivity index (χ1v) is 7.21. The van der Waals surface area contributed by atoms with E-state index in [0.29, 0.717) is 15.3 Å². The van der Waals surface area contributed by atoms with Gasteiger partial charge in [-0.2, -0.15) is 0 Å². The van der Waals surface area contributed by atoms with Crippen molar-refractivity contribution < 1.29 is 19.1 Å². The first-order valence-electron chi connectivity index (χ1n) is 6.42. The standard InChI is InChI=1S/C13H9BrN4O5/c1-23-13(21)9-8-10(18(15-9)16-22)12(20)17(11(8)19)7-4-2-3-6(14)5-7/h2-5,8,10H,1H3/t8-,10-/m0/s1. The maximum Gasteiger partial charge on any atom is 0.355 e. The van der Waals surface area contributed by atoms with Crippen molar-refractivity contribution in [2.24, 2.45) is 16.3 Å². The number of esters is 1. The molecular weight excluding hydrogens is 372 g/mol. The number of ether oxygens (including phenoxy) is 1. The van der Waals surface area contributed by atoms with Crippen LogP contribution in [0.4, 0.5) is 5.69 Å². The molecule has 10 heteroatoms. The minimum Gasteiger partial charge on any atom is -0.464 e. The van der Waals surface area contributed by atoms with E-state index in [9.17, 15) is 19.3 Å². The number of anilines is 1. The molecule has 118 valence electrons. The average Bonchev–Trinajstić information content (AvgIpc) is 3.04. The molecule has 2 heterocycles. The number of amides is 2. The maximum absolute atomic E-state index is 12.6. The van der Waals surface area contributed by atoms with Crippen LogP contribution < -0.4 is 4.90 Å². The van der Waals surface area contributed by atoms with Gasteiger partial charge < -0.3 is 4.74 Å². The summed E-state index contributed by atoms with van der Waals surface area (Å²) in [7, 11) is 1.12. The number of methoxy groups -OCH3 is 1. The Balaban J connectivity index is 2.05. The fraction of sp³-hybridized carbons (Fsp3) is 0.231. The van der Waals surface area contributed by atoms with Gasteiger partial charge in [0.1, 0.15) is 5.92 Å². The number of nitroso groups, excluding NO2 is 1. The van der Waals surface area contributed by atoms with Crippen LogP contribution in [0.15, 0.2) is 39.1 Å². The molecule has 0 aliphatic carbocycles. The highest BCUT2D eigenvalue weighted by Gasteiger charge is 2.59. The molecule has 23 heavy (non-hydrogen) atoms. The van der Waals surface area contributed by atoms with E-state index in [1.807, 2.05) is 0 Å². The van der Waals surface area contributed by atoms with E-state index in [2.05, 4.69) is 31.1 Å². The van der Waals surface area contributed by atoms with Gasteiger partial charge >= 0.3 is 5.97 Å². The van der Waals surface area contributed by atoms with E-state index in [1.54, 1.807) is 24.3 Å². The van der Waals surface area contributed by atoms with Gasteiger partial charge in [-0.1, -0.05) is 22.0 Å². The number of imide groups is 1. The van der Waals surface area contributed by atoms with Crippen molar-refractivity contribution in [3.8, 4) is 0 Å². The number of halogens is 1. The Morgan fingerprint density at radius 3 is 2.70 bits per heavy atom. The lowest BCUT2D eigenvalue weighted by atomic mass is 9.98. The second-order valence-corrected chi connectivity index (χ2v) is 5.71. The van der Waals surface area contributed by atoms with Crippen LogP contribution in [0.1, 0.15) is 0 Å². The van der Waals surface area contributed by atoms with E-state index >= 15 is 0 Å². The summed E-state index contributed by atoms with van der Waals surface area (Å²) in [6.07, 6.45) is 0. The van der Waals surface area contributed by atoms with Crippen LogP contribution in [0.2, 0.25) is 0 Å². The van der Waals surface area contributed by atoms with Gasteiger partial charge in [-0.05, 0) is 18.2 Å². The van der Waals surface area contributed by atoms with Crippen LogP contribution in [0.25, 0.3) is 0 Å². The molecule has 0 unspecified atom stereocenters. The summed E-state index contributed by atoms with van der Waals surface area (Å²) >= 11 is 3.26. The lowest BCUT2D eigenvalue weighted by Gasteiger charge is -2.16. The second-order valence-electron chi connectivity index (χ2n) is 4.79. The monoisotopic (exact) mass is 380 g/mol. The molecule has 2 amide bonds. The third kappa shape index (κ3) is 2.22. The Morgan fingerprint density at radius 1 is 1.35 bits per heavy atom. The number of rotatable bonds is 3. The van der Waals surface area contributed by atoms with Crippen molar-refractivity contribution in [1.82, 2.24) is 5.12 Å². The zero-order chi connectivity index (χ0) is 16.7. The molecule has 1 aromatic carbocycles. The van der Waals surface area contributed by atoms with E-state index in [0.717, 1.165) is 12.0 Å². The Bertz CT molecular complexity index is 764. The van der Waals surface area contributed by atoms with Crippen LogP contribution in [0.5, 0.6) is 0 Å². The Hall–Kier alpha value is -2.62. The molecule has 1 saturated heterocycles. The molecule has 2 aliphatic heterocycles. The zero-order valence-corrected chi connectivity index (χ0v) is 13.3. The van der Waals surface area contributed by atoms with E-state index in [-0.39, 0.29) is 5.71 Å². The van der Waals surface area contributed by atoms with Crippen molar-refractivity contribution in [1.29, 1.82) is 0 Å². The fourth-order valence-corrected chi connectivity index (χ4v) is 2.99. The van der Waals surface area contributed by atoms with Gasteiger partial charge in [0, 0.05) is 4.47 Å². The lowest BCUT2D eigenvalue weighted by Crippen LogP contribution is -2.36. The van der Waals surface area contributed by atoms with Gasteiger partial charge in [-0.25, -0.2) is 9.69 Å². The molecule has 0 spiro atoms. The number of hydrogen-bond donors (Lipinski definition) is 0. The highest BCUT2D eigenvalue weighted by Crippen LogP contribution is 2.36. The summed E-state index contributed by atoms with van der Waals surface area (Å²) in [6, 6.07) is 5.25. The largest absolute Gasteiger partial charge is 0.464 e. The molecule has 0 saturated carbocycles. The summed E-state index contributed by atoms with van der Waals surface area (Å²) in [5, 5.41) is 6.77. The number of hydrogen-bond acceptors (Lipinski definition) is 7. The van der Waals surface area contributed by atoms with E-state index in [4.69, 9.17) is 0 Å². The Kier molecular flexibility index (Phi) is 3.68. The topological polar surface area (TPSA) is 109 Å². The number of fused-ring (bicyclic) bond motifs is 1. The second kappa shape index (κ2) is 5.54. The molecule has 2 aliphatic rings. The fourth-order valence-electron chi connectivity index (χ4n) is 2.60. The Labute approximate surface area is 137 Å². The van der Waals surface area contributed by atoms with E-state index in [1.165, 1.54) is 0 Å². The predicted octanol–water partition coefficient (Wildman–Crippen LogP) is 0.833. The molecule has 0 bridgehead atoms. The smallest absolute Gasteiger partial charge is 0.355 e. The minimum absolute atomic E-state index is 0.312. The number of carbonyl (C=O) groups is 3. The summed E-state index contributed by atoms with van der Waals surface area (Å²) in [5.74, 6) is -3.44. The minimum atomic E-state index is -1.27. The summed E-state index contributed by atoms with van der Waals surface area (Å²) in [5.41, 5.74) is 0.00628. The summed E-state index contributed by atoms with van der Waals surface area (Å²) in [4.78, 5) is 48.7. The highest BCUT2D eigenvalue weighted by molar-refractivity contribution is 9.10. The van der Waals surface area contributed by atoms with Crippen LogP contribution in [-0.2, 0) is 19.1 Å². The van der Waals surface area contributed by atoms with Gasteiger partial charge in [-0.3, -0.25) is 9.59 Å². The summed E-state index contributed by atoms with van der Waals surface area (Å²) < 4.78 is 5.22. The number of nitrogens with zero attached hydrogens (tertiary/aromatic N) is 4. The number of benzene rings is 1. The van der Waals surface area contributed by atoms with Gasteiger partial charge in [0.2, 0.25) is 5.91 Å². The SMILES string of the molecule is COC(=O)C1=NN(N=O)[C@@H]2C(=O)N(c3cccc(Br)c3)C(=O)[C@@H]12. The molecule has 0 radical (unpaired) electrons. The van der Waals surface area contributed by atoms with Crippen LogP contribution in [0.3, 0.4) is 0 Å². The maximum atomic E-state index is 12.6. The molecule has 3 rings (SSSR count). The first-order chi connectivity index (χ1) is 11.0. The molecular formula is C13H9BrN4O5. The van der Waals surface area contributed by atoms with E-state index < -0.39 is 29.7 Å². The van der Waals surface area contributed by atoms with Gasteiger partial charge in [0.15, 0.2) is 11.8 Å². The predicted molar refractivity (Wildman–Crippen MR) is 81.0 cm³/mol. The van der Waals surface area contributed by atoms with Crippen LogP contribution in [-0.4, -0.2) is 41.8 Å². The van der Waals surface area contributed by atoms with Crippen molar-refractivity contribution in [2.45, 2.75) is 6.04 Å². The highest BCUT2D eigenvalue weighted by atomic mass is 79.9. The van der Waals surface area contributed by atoms with Gasteiger partial charge in [0.05, 0.1) is 18.1 Å². The van der Waals surface area contributed by atoms with Crippen molar-refractivity contribution in [3.63, 3.8) is 0 Å². The number of carbonyl (C=O) groups excluding carboxylic acids is 3. The normalized spacial score (nSPS) is 23.0. The molecule has 9 nitrogen and oxygen atoms in total. The van der Waals surface area contributed by atoms with Crippen LogP contribution in [0, 0.1) is 10.8 Å². The number of hydrazone groups is 1.